The number of rotatable bonds is 3. The molecule has 0 saturated heterocycles. The van der Waals surface area contributed by atoms with Gasteiger partial charge in [0.05, 0.1) is 7.11 Å². The second kappa shape index (κ2) is 5.43. The average molecular weight is 270 g/mol. The minimum atomic E-state index is 0.0969. The first kappa shape index (κ1) is 12.8. The van der Waals surface area contributed by atoms with Gasteiger partial charge in [-0.05, 0) is 30.2 Å². The van der Waals surface area contributed by atoms with Gasteiger partial charge in [0.15, 0.2) is 0 Å². The Bertz CT molecular complexity index is 613. The second-order valence-corrected chi connectivity index (χ2v) is 4.95. The minimum Gasteiger partial charge on any atom is -0.497 e. The van der Waals surface area contributed by atoms with Gasteiger partial charge in [-0.3, -0.25) is 0 Å². The predicted molar refractivity (Wildman–Crippen MR) is 79.9 cm³/mol. The Morgan fingerprint density at radius 1 is 1.20 bits per heavy atom. The monoisotopic (exact) mass is 270 g/mol. The summed E-state index contributed by atoms with van der Waals surface area (Å²) in [5.74, 6) is 1.75. The minimum absolute atomic E-state index is 0.0969. The number of anilines is 2. The van der Waals surface area contributed by atoms with Crippen molar-refractivity contribution < 1.29 is 9.47 Å². The quantitative estimate of drug-likeness (QED) is 0.900. The van der Waals surface area contributed by atoms with Crippen LogP contribution in [0.5, 0.6) is 11.5 Å². The smallest absolute Gasteiger partial charge is 0.124 e. The van der Waals surface area contributed by atoms with Crippen LogP contribution in [-0.2, 0) is 6.42 Å². The van der Waals surface area contributed by atoms with Crippen LogP contribution >= 0.6 is 0 Å². The highest BCUT2D eigenvalue weighted by Crippen LogP contribution is 2.29. The zero-order chi connectivity index (χ0) is 13.9. The van der Waals surface area contributed by atoms with Gasteiger partial charge in [0.1, 0.15) is 18.1 Å². The van der Waals surface area contributed by atoms with Crippen LogP contribution < -0.4 is 20.5 Å². The molecule has 104 valence electrons. The maximum absolute atomic E-state index is 5.89. The summed E-state index contributed by atoms with van der Waals surface area (Å²) in [5.41, 5.74) is 9.03. The molecule has 0 unspecified atom stereocenters. The lowest BCUT2D eigenvalue weighted by molar-refractivity contribution is 0.264. The number of fused-ring (bicyclic) bond motifs is 1. The van der Waals surface area contributed by atoms with E-state index in [-0.39, 0.29) is 6.04 Å². The SMILES string of the molecule is COc1cccc(Nc2ccc3c(c2)OC[C@H](N)C3)c1. The molecule has 0 spiro atoms. The van der Waals surface area contributed by atoms with Crippen molar-refractivity contribution in [1.29, 1.82) is 0 Å². The van der Waals surface area contributed by atoms with Crippen LogP contribution in [0.4, 0.5) is 11.4 Å². The molecular weight excluding hydrogens is 252 g/mol. The van der Waals surface area contributed by atoms with Crippen molar-refractivity contribution in [2.24, 2.45) is 5.73 Å². The summed E-state index contributed by atoms with van der Waals surface area (Å²) >= 11 is 0. The Hall–Kier alpha value is -2.20. The third-order valence-corrected chi connectivity index (χ3v) is 3.36. The Morgan fingerprint density at radius 2 is 2.05 bits per heavy atom. The van der Waals surface area contributed by atoms with E-state index in [1.165, 1.54) is 5.56 Å². The van der Waals surface area contributed by atoms with Gasteiger partial charge in [0.2, 0.25) is 0 Å². The Kier molecular flexibility index (Phi) is 3.48. The molecule has 0 aliphatic carbocycles. The number of nitrogens with one attached hydrogen (secondary N) is 1. The van der Waals surface area contributed by atoms with E-state index in [1.807, 2.05) is 36.4 Å². The number of methoxy groups -OCH3 is 1. The van der Waals surface area contributed by atoms with Crippen LogP contribution in [0.25, 0.3) is 0 Å². The highest BCUT2D eigenvalue weighted by atomic mass is 16.5. The average Bonchev–Trinajstić information content (AvgIpc) is 2.47. The standard InChI is InChI=1S/C16H18N2O2/c1-19-15-4-2-3-13(8-15)18-14-6-5-11-7-12(17)10-20-16(11)9-14/h2-6,8-9,12,18H,7,10,17H2,1H3/t12-/m1/s1. The molecule has 0 bridgehead atoms. The van der Waals surface area contributed by atoms with Crippen LogP contribution in [0.1, 0.15) is 5.56 Å². The molecule has 1 aliphatic heterocycles. The fourth-order valence-electron chi connectivity index (χ4n) is 2.34. The van der Waals surface area contributed by atoms with Crippen LogP contribution in [-0.4, -0.2) is 19.8 Å². The van der Waals surface area contributed by atoms with Crippen molar-refractivity contribution in [3.63, 3.8) is 0 Å². The van der Waals surface area contributed by atoms with E-state index >= 15 is 0 Å². The predicted octanol–water partition coefficient (Wildman–Crippen LogP) is 2.70. The summed E-state index contributed by atoms with van der Waals surface area (Å²) in [4.78, 5) is 0. The van der Waals surface area contributed by atoms with Gasteiger partial charge >= 0.3 is 0 Å². The van der Waals surface area contributed by atoms with Gasteiger partial charge in [-0.1, -0.05) is 12.1 Å². The van der Waals surface area contributed by atoms with Crippen molar-refractivity contribution in [3.8, 4) is 11.5 Å². The summed E-state index contributed by atoms with van der Waals surface area (Å²) < 4.78 is 10.9. The number of benzene rings is 2. The van der Waals surface area contributed by atoms with Crippen LogP contribution in [0.3, 0.4) is 0 Å². The Morgan fingerprint density at radius 3 is 2.90 bits per heavy atom. The zero-order valence-electron chi connectivity index (χ0n) is 11.4. The van der Waals surface area contributed by atoms with Crippen molar-refractivity contribution in [2.75, 3.05) is 19.0 Å². The van der Waals surface area contributed by atoms with E-state index in [0.717, 1.165) is 29.3 Å². The Labute approximate surface area is 118 Å². The van der Waals surface area contributed by atoms with Crippen molar-refractivity contribution in [2.45, 2.75) is 12.5 Å². The molecule has 2 aromatic carbocycles. The largest absolute Gasteiger partial charge is 0.497 e. The summed E-state index contributed by atoms with van der Waals surface area (Å²) in [7, 11) is 1.66. The van der Waals surface area contributed by atoms with Gasteiger partial charge in [-0.2, -0.15) is 0 Å². The van der Waals surface area contributed by atoms with Crippen LogP contribution in [0.2, 0.25) is 0 Å². The third kappa shape index (κ3) is 2.70. The molecule has 0 fully saturated rings. The van der Waals surface area contributed by atoms with Crippen LogP contribution in [0.15, 0.2) is 42.5 Å². The van der Waals surface area contributed by atoms with Crippen molar-refractivity contribution >= 4 is 11.4 Å². The topological polar surface area (TPSA) is 56.5 Å². The van der Waals surface area contributed by atoms with E-state index < -0.39 is 0 Å². The molecule has 4 nitrogen and oxygen atoms in total. The molecule has 2 aromatic rings. The van der Waals surface area contributed by atoms with Gasteiger partial charge in [-0.25, -0.2) is 0 Å². The summed E-state index contributed by atoms with van der Waals surface area (Å²) in [6, 6.07) is 14.0. The van der Waals surface area contributed by atoms with E-state index in [4.69, 9.17) is 15.2 Å². The number of hydrogen-bond acceptors (Lipinski definition) is 4. The summed E-state index contributed by atoms with van der Waals surface area (Å²) in [6.45, 7) is 0.579. The maximum atomic E-state index is 5.89. The third-order valence-electron chi connectivity index (χ3n) is 3.36. The molecule has 0 saturated carbocycles. The molecule has 0 aromatic heterocycles. The lowest BCUT2D eigenvalue weighted by Crippen LogP contribution is -2.33. The molecule has 1 aliphatic rings. The first-order valence-electron chi connectivity index (χ1n) is 6.67. The molecule has 20 heavy (non-hydrogen) atoms. The van der Waals surface area contributed by atoms with Gasteiger partial charge in [0.25, 0.3) is 0 Å². The first-order valence-corrected chi connectivity index (χ1v) is 6.67. The molecule has 3 N–H and O–H groups in total. The molecule has 3 rings (SSSR count). The lowest BCUT2D eigenvalue weighted by Gasteiger charge is -2.23. The molecular formula is C16H18N2O2. The van der Waals surface area contributed by atoms with E-state index in [1.54, 1.807) is 7.11 Å². The highest BCUT2D eigenvalue weighted by Gasteiger charge is 2.16. The van der Waals surface area contributed by atoms with E-state index in [0.29, 0.717) is 6.61 Å². The fourth-order valence-corrected chi connectivity index (χ4v) is 2.34. The number of nitrogens with two attached hydrogens (primary N) is 1. The highest BCUT2D eigenvalue weighted by molar-refractivity contribution is 5.63. The van der Waals surface area contributed by atoms with Gasteiger partial charge in [-0.15, -0.1) is 0 Å². The maximum Gasteiger partial charge on any atom is 0.124 e. The zero-order valence-corrected chi connectivity index (χ0v) is 11.4. The fraction of sp³-hybridized carbons (Fsp3) is 0.250. The first-order chi connectivity index (χ1) is 9.74. The van der Waals surface area contributed by atoms with E-state index in [9.17, 15) is 0 Å². The number of ether oxygens (including phenoxy) is 2. The molecule has 0 radical (unpaired) electrons. The Balaban J connectivity index is 1.81. The molecule has 0 amide bonds. The van der Waals surface area contributed by atoms with Crippen molar-refractivity contribution in [1.82, 2.24) is 0 Å². The summed E-state index contributed by atoms with van der Waals surface area (Å²) in [6.07, 6.45) is 0.870. The molecule has 1 heterocycles. The molecule has 4 heteroatoms. The number of hydrogen-bond donors (Lipinski definition) is 2. The van der Waals surface area contributed by atoms with Gasteiger partial charge in [0, 0.05) is 29.5 Å². The lowest BCUT2D eigenvalue weighted by atomic mass is 10.0. The van der Waals surface area contributed by atoms with Crippen LogP contribution in [0, 0.1) is 0 Å². The van der Waals surface area contributed by atoms with Crippen molar-refractivity contribution in [3.05, 3.63) is 48.0 Å². The van der Waals surface area contributed by atoms with E-state index in [2.05, 4.69) is 11.4 Å². The normalized spacial score (nSPS) is 17.0. The molecule has 1 atom stereocenters. The second-order valence-electron chi connectivity index (χ2n) is 4.95. The summed E-state index contributed by atoms with van der Waals surface area (Å²) in [5, 5.41) is 3.35. The van der Waals surface area contributed by atoms with Gasteiger partial charge < -0.3 is 20.5 Å².